The van der Waals surface area contributed by atoms with Crippen molar-refractivity contribution in [2.24, 2.45) is 0 Å². The highest BCUT2D eigenvalue weighted by atomic mass is 16.4. The lowest BCUT2D eigenvalue weighted by molar-refractivity contribution is -0.141. The summed E-state index contributed by atoms with van der Waals surface area (Å²) in [5.41, 5.74) is 0. The third-order valence-electron chi connectivity index (χ3n) is 2.48. The van der Waals surface area contributed by atoms with Crippen LogP contribution in [0.1, 0.15) is 20.8 Å². The van der Waals surface area contributed by atoms with E-state index in [1.165, 1.54) is 0 Å². The van der Waals surface area contributed by atoms with E-state index in [2.05, 4.69) is 10.6 Å². The minimum atomic E-state index is -0.784. The Balaban J connectivity index is 2.61. The summed E-state index contributed by atoms with van der Waals surface area (Å²) in [6, 6.07) is 0.0720. The summed E-state index contributed by atoms with van der Waals surface area (Å²) in [6.45, 7) is 5.92. The van der Waals surface area contributed by atoms with Crippen molar-refractivity contribution in [3.63, 3.8) is 0 Å². The highest BCUT2D eigenvalue weighted by Gasteiger charge is 2.33. The smallest absolute Gasteiger partial charge is 0.322 e. The second-order valence-corrected chi connectivity index (χ2v) is 3.52. The summed E-state index contributed by atoms with van der Waals surface area (Å²) in [7, 11) is 0. The Hall–Kier alpha value is -0.610. The fourth-order valence-corrected chi connectivity index (χ4v) is 1.51. The number of hydrogen-bond acceptors (Lipinski definition) is 3. The van der Waals surface area contributed by atoms with Crippen molar-refractivity contribution >= 4 is 5.97 Å². The third kappa shape index (κ3) is 1.76. The molecule has 4 heteroatoms. The van der Waals surface area contributed by atoms with E-state index in [1.807, 2.05) is 20.8 Å². The molecule has 0 aromatic rings. The fraction of sp³-hybridized carbons (Fsp3) is 0.875. The van der Waals surface area contributed by atoms with Gasteiger partial charge in [0.05, 0.1) is 0 Å². The molecule has 0 aromatic heterocycles. The summed E-state index contributed by atoms with van der Waals surface area (Å²) < 4.78 is 0. The molecule has 0 radical (unpaired) electrons. The molecule has 0 aromatic carbocycles. The zero-order chi connectivity index (χ0) is 9.30. The van der Waals surface area contributed by atoms with Crippen LogP contribution in [-0.4, -0.2) is 35.2 Å². The fourth-order valence-electron chi connectivity index (χ4n) is 1.51. The first-order chi connectivity index (χ1) is 5.52. The van der Waals surface area contributed by atoms with Crippen LogP contribution in [-0.2, 0) is 4.79 Å². The molecule has 0 aliphatic carbocycles. The van der Waals surface area contributed by atoms with E-state index < -0.39 is 12.0 Å². The minimum absolute atomic E-state index is 0.00583. The maximum absolute atomic E-state index is 10.7. The average Bonchev–Trinajstić information content (AvgIpc) is 1.96. The summed E-state index contributed by atoms with van der Waals surface area (Å²) in [4.78, 5) is 10.7. The average molecular weight is 172 g/mol. The van der Waals surface area contributed by atoms with E-state index in [4.69, 9.17) is 5.11 Å². The molecule has 1 heterocycles. The van der Waals surface area contributed by atoms with Gasteiger partial charge in [-0.05, 0) is 20.8 Å². The van der Waals surface area contributed by atoms with E-state index in [9.17, 15) is 4.79 Å². The first-order valence-electron chi connectivity index (χ1n) is 4.27. The normalized spacial score (nSPS) is 42.6. The molecular formula is C8H16N2O2. The molecule has 1 fully saturated rings. The second-order valence-electron chi connectivity index (χ2n) is 3.52. The van der Waals surface area contributed by atoms with Crippen LogP contribution in [0.15, 0.2) is 0 Å². The Bertz CT molecular complexity index is 184. The summed E-state index contributed by atoms with van der Waals surface area (Å²) in [5.74, 6) is -0.784. The molecule has 0 bridgehead atoms. The Kier molecular flexibility index (Phi) is 2.69. The quantitative estimate of drug-likeness (QED) is 0.512. The van der Waals surface area contributed by atoms with Gasteiger partial charge in [-0.25, -0.2) is 0 Å². The lowest BCUT2D eigenvalue weighted by atomic mass is 10.00. The van der Waals surface area contributed by atoms with Crippen LogP contribution in [0.5, 0.6) is 0 Å². The van der Waals surface area contributed by atoms with E-state index in [0.717, 1.165) is 0 Å². The Morgan fingerprint density at radius 3 is 2.08 bits per heavy atom. The van der Waals surface area contributed by atoms with Crippen molar-refractivity contribution in [3.8, 4) is 0 Å². The molecule has 12 heavy (non-hydrogen) atoms. The van der Waals surface area contributed by atoms with Gasteiger partial charge in [-0.1, -0.05) is 0 Å². The monoisotopic (exact) mass is 172 g/mol. The van der Waals surface area contributed by atoms with Gasteiger partial charge in [-0.3, -0.25) is 10.1 Å². The number of carboxylic acids is 1. The molecule has 0 amide bonds. The first kappa shape index (κ1) is 9.48. The van der Waals surface area contributed by atoms with Gasteiger partial charge in [0.15, 0.2) is 0 Å². The predicted molar refractivity (Wildman–Crippen MR) is 46.1 cm³/mol. The molecule has 1 saturated heterocycles. The highest BCUT2D eigenvalue weighted by Crippen LogP contribution is 2.07. The Labute approximate surface area is 72.3 Å². The Morgan fingerprint density at radius 1 is 1.08 bits per heavy atom. The van der Waals surface area contributed by atoms with Crippen LogP contribution < -0.4 is 10.6 Å². The molecule has 4 nitrogen and oxygen atoms in total. The van der Waals surface area contributed by atoms with Gasteiger partial charge >= 0.3 is 5.97 Å². The second kappa shape index (κ2) is 3.41. The van der Waals surface area contributed by atoms with Crippen LogP contribution in [0.4, 0.5) is 0 Å². The number of rotatable bonds is 1. The predicted octanol–water partition coefficient (Wildman–Crippen LogP) is -0.202. The zero-order valence-electron chi connectivity index (χ0n) is 7.66. The number of carboxylic acid groups (broad SMARTS) is 1. The topological polar surface area (TPSA) is 61.4 Å². The van der Waals surface area contributed by atoms with E-state index in [-0.39, 0.29) is 12.1 Å². The van der Waals surface area contributed by atoms with Crippen molar-refractivity contribution in [2.45, 2.75) is 44.9 Å². The van der Waals surface area contributed by atoms with Crippen molar-refractivity contribution in [2.75, 3.05) is 0 Å². The first-order valence-corrected chi connectivity index (χ1v) is 4.27. The minimum Gasteiger partial charge on any atom is -0.480 e. The maximum Gasteiger partial charge on any atom is 0.322 e. The molecule has 1 rings (SSSR count). The SMILES string of the molecule is C[C@@H]1N[C@@H](C)[C@@H](C(=O)O)N[C@H]1C. The lowest BCUT2D eigenvalue weighted by Gasteiger charge is -2.37. The lowest BCUT2D eigenvalue weighted by Crippen LogP contribution is -2.65. The number of carbonyl (C=O) groups is 1. The van der Waals surface area contributed by atoms with Gasteiger partial charge in [0, 0.05) is 18.1 Å². The highest BCUT2D eigenvalue weighted by molar-refractivity contribution is 5.74. The van der Waals surface area contributed by atoms with Gasteiger partial charge in [-0.2, -0.15) is 0 Å². The van der Waals surface area contributed by atoms with Gasteiger partial charge in [0.2, 0.25) is 0 Å². The zero-order valence-corrected chi connectivity index (χ0v) is 7.66. The van der Waals surface area contributed by atoms with Gasteiger partial charge in [0.25, 0.3) is 0 Å². The molecule has 70 valence electrons. The number of piperazine rings is 1. The molecular weight excluding hydrogens is 156 g/mol. The van der Waals surface area contributed by atoms with Crippen molar-refractivity contribution in [3.05, 3.63) is 0 Å². The van der Waals surface area contributed by atoms with Crippen LogP contribution >= 0.6 is 0 Å². The molecule has 1 aliphatic rings. The molecule has 0 unspecified atom stereocenters. The summed E-state index contributed by atoms with van der Waals surface area (Å²) in [6.07, 6.45) is 0. The van der Waals surface area contributed by atoms with Crippen LogP contribution in [0.25, 0.3) is 0 Å². The molecule has 3 N–H and O–H groups in total. The summed E-state index contributed by atoms with van der Waals surface area (Å²) >= 11 is 0. The van der Waals surface area contributed by atoms with E-state index >= 15 is 0 Å². The van der Waals surface area contributed by atoms with Crippen LogP contribution in [0, 0.1) is 0 Å². The van der Waals surface area contributed by atoms with E-state index in [1.54, 1.807) is 0 Å². The van der Waals surface area contributed by atoms with E-state index in [0.29, 0.717) is 6.04 Å². The molecule has 4 atom stereocenters. The van der Waals surface area contributed by atoms with Crippen LogP contribution in [0.3, 0.4) is 0 Å². The summed E-state index contributed by atoms with van der Waals surface area (Å²) in [5, 5.41) is 15.1. The third-order valence-corrected chi connectivity index (χ3v) is 2.48. The van der Waals surface area contributed by atoms with Crippen molar-refractivity contribution < 1.29 is 9.90 Å². The standard InChI is InChI=1S/C8H16N2O2/c1-4-5(2)10-7(8(11)12)6(3)9-4/h4-7,9-10H,1-3H3,(H,11,12)/t4-,5-,6-,7-/m0/s1. The van der Waals surface area contributed by atoms with Gasteiger partial charge in [0.1, 0.15) is 6.04 Å². The number of aliphatic carboxylic acids is 1. The number of hydrogen-bond donors (Lipinski definition) is 3. The molecule has 0 spiro atoms. The maximum atomic E-state index is 10.7. The van der Waals surface area contributed by atoms with Gasteiger partial charge in [-0.15, -0.1) is 0 Å². The molecule has 0 saturated carbocycles. The largest absolute Gasteiger partial charge is 0.480 e. The van der Waals surface area contributed by atoms with Gasteiger partial charge < -0.3 is 10.4 Å². The Morgan fingerprint density at radius 2 is 1.58 bits per heavy atom. The number of nitrogens with one attached hydrogen (secondary N) is 2. The molecule has 1 aliphatic heterocycles. The van der Waals surface area contributed by atoms with Crippen molar-refractivity contribution in [1.29, 1.82) is 0 Å². The van der Waals surface area contributed by atoms with Crippen molar-refractivity contribution in [1.82, 2.24) is 10.6 Å². The van der Waals surface area contributed by atoms with Crippen LogP contribution in [0.2, 0.25) is 0 Å².